The SMILES string of the molecule is O=C(Nc1nc2c(s1)CCC2)[C@H]1Cc2ccccc2CN1. The van der Waals surface area contributed by atoms with Crippen LogP contribution in [0.25, 0.3) is 0 Å². The summed E-state index contributed by atoms with van der Waals surface area (Å²) in [6.07, 6.45) is 4.10. The second-order valence-electron chi connectivity index (χ2n) is 5.64. The summed E-state index contributed by atoms with van der Waals surface area (Å²) in [5.41, 5.74) is 3.73. The third-order valence-electron chi connectivity index (χ3n) is 4.22. The van der Waals surface area contributed by atoms with E-state index in [1.54, 1.807) is 11.3 Å². The van der Waals surface area contributed by atoms with Crippen LogP contribution >= 0.6 is 11.3 Å². The van der Waals surface area contributed by atoms with Crippen LogP contribution in [0.2, 0.25) is 0 Å². The van der Waals surface area contributed by atoms with Crippen molar-refractivity contribution in [2.45, 2.75) is 38.3 Å². The number of hydrogen-bond donors (Lipinski definition) is 2. The molecule has 4 rings (SSSR count). The van der Waals surface area contributed by atoms with Gasteiger partial charge in [0.05, 0.1) is 11.7 Å². The number of amides is 1. The summed E-state index contributed by atoms with van der Waals surface area (Å²) in [6, 6.07) is 8.12. The Morgan fingerprint density at radius 2 is 2.14 bits per heavy atom. The standard InChI is InChI=1S/C16H17N3OS/c20-15(19-16-18-12-6-3-7-14(12)21-16)13-8-10-4-1-2-5-11(10)9-17-13/h1-2,4-5,13,17H,3,6-9H2,(H,18,19,20)/t13-/m1/s1. The molecule has 0 saturated heterocycles. The minimum absolute atomic E-state index is 0.0249. The number of nitrogens with zero attached hydrogens (tertiary/aromatic N) is 1. The zero-order valence-corrected chi connectivity index (χ0v) is 12.5. The second-order valence-corrected chi connectivity index (χ2v) is 6.72. The zero-order chi connectivity index (χ0) is 14.2. The largest absolute Gasteiger partial charge is 0.301 e. The lowest BCUT2D eigenvalue weighted by Gasteiger charge is -2.24. The molecule has 2 aromatic rings. The number of hydrogen-bond acceptors (Lipinski definition) is 4. The van der Waals surface area contributed by atoms with Gasteiger partial charge in [0.1, 0.15) is 0 Å². The highest BCUT2D eigenvalue weighted by Gasteiger charge is 2.25. The fraction of sp³-hybridized carbons (Fsp3) is 0.375. The summed E-state index contributed by atoms with van der Waals surface area (Å²) in [5, 5.41) is 7.04. The Balaban J connectivity index is 1.46. The molecule has 1 aliphatic heterocycles. The Hall–Kier alpha value is -1.72. The maximum atomic E-state index is 12.4. The van der Waals surface area contributed by atoms with Crippen molar-refractivity contribution in [2.75, 3.05) is 5.32 Å². The van der Waals surface area contributed by atoms with Crippen LogP contribution in [0.3, 0.4) is 0 Å². The number of carbonyl (C=O) groups excluding carboxylic acids is 1. The highest BCUT2D eigenvalue weighted by Crippen LogP contribution is 2.30. The van der Waals surface area contributed by atoms with Crippen molar-refractivity contribution >= 4 is 22.4 Å². The summed E-state index contributed by atoms with van der Waals surface area (Å²) in [7, 11) is 0. The van der Waals surface area contributed by atoms with Crippen molar-refractivity contribution in [1.29, 1.82) is 0 Å². The van der Waals surface area contributed by atoms with Crippen LogP contribution < -0.4 is 10.6 Å². The number of carbonyl (C=O) groups is 1. The zero-order valence-electron chi connectivity index (χ0n) is 11.7. The first-order valence-corrected chi connectivity index (χ1v) is 8.21. The van der Waals surface area contributed by atoms with Gasteiger partial charge >= 0.3 is 0 Å². The summed E-state index contributed by atoms with van der Waals surface area (Å²) >= 11 is 1.63. The van der Waals surface area contributed by atoms with E-state index in [1.165, 1.54) is 28.1 Å². The number of rotatable bonds is 2. The number of anilines is 1. The van der Waals surface area contributed by atoms with Gasteiger partial charge in [-0.15, -0.1) is 11.3 Å². The molecule has 0 fully saturated rings. The minimum atomic E-state index is -0.168. The van der Waals surface area contributed by atoms with Gasteiger partial charge in [-0.25, -0.2) is 4.98 Å². The van der Waals surface area contributed by atoms with E-state index in [-0.39, 0.29) is 11.9 Å². The van der Waals surface area contributed by atoms with Gasteiger partial charge in [-0.1, -0.05) is 24.3 Å². The van der Waals surface area contributed by atoms with Gasteiger partial charge in [0.2, 0.25) is 5.91 Å². The van der Waals surface area contributed by atoms with Crippen LogP contribution in [0.15, 0.2) is 24.3 Å². The molecule has 0 saturated carbocycles. The maximum absolute atomic E-state index is 12.4. The van der Waals surface area contributed by atoms with Gasteiger partial charge in [-0.3, -0.25) is 4.79 Å². The lowest BCUT2D eigenvalue weighted by molar-refractivity contribution is -0.118. The van der Waals surface area contributed by atoms with Gasteiger partial charge in [-0.05, 0) is 36.8 Å². The quantitative estimate of drug-likeness (QED) is 0.894. The van der Waals surface area contributed by atoms with E-state index >= 15 is 0 Å². The van der Waals surface area contributed by atoms with Crippen molar-refractivity contribution in [2.24, 2.45) is 0 Å². The molecule has 1 amide bonds. The first-order chi connectivity index (χ1) is 10.3. The van der Waals surface area contributed by atoms with E-state index in [1.807, 2.05) is 12.1 Å². The smallest absolute Gasteiger partial charge is 0.243 e. The summed E-state index contributed by atoms with van der Waals surface area (Å²) in [4.78, 5) is 18.3. The molecule has 1 atom stereocenters. The minimum Gasteiger partial charge on any atom is -0.301 e. The van der Waals surface area contributed by atoms with E-state index < -0.39 is 0 Å². The molecule has 2 aliphatic rings. The van der Waals surface area contributed by atoms with Gasteiger partial charge in [0.15, 0.2) is 5.13 Å². The predicted octanol–water partition coefficient (Wildman–Crippen LogP) is 2.28. The molecular formula is C16H17N3OS. The number of aryl methyl sites for hydroxylation is 2. The van der Waals surface area contributed by atoms with Crippen molar-refractivity contribution in [3.63, 3.8) is 0 Å². The maximum Gasteiger partial charge on any atom is 0.243 e. The number of nitrogens with one attached hydrogen (secondary N) is 2. The van der Waals surface area contributed by atoms with Crippen LogP contribution in [-0.4, -0.2) is 16.9 Å². The molecule has 108 valence electrons. The van der Waals surface area contributed by atoms with E-state index in [0.29, 0.717) is 0 Å². The van der Waals surface area contributed by atoms with Gasteiger partial charge in [0.25, 0.3) is 0 Å². The topological polar surface area (TPSA) is 54.0 Å². The highest BCUT2D eigenvalue weighted by atomic mass is 32.1. The van der Waals surface area contributed by atoms with Crippen molar-refractivity contribution < 1.29 is 4.79 Å². The Labute approximate surface area is 127 Å². The first-order valence-electron chi connectivity index (χ1n) is 7.39. The lowest BCUT2D eigenvalue weighted by Crippen LogP contribution is -2.44. The average molecular weight is 299 g/mol. The third-order valence-corrected chi connectivity index (χ3v) is 5.30. The Kier molecular flexibility index (Phi) is 3.24. The van der Waals surface area contributed by atoms with E-state index in [4.69, 9.17) is 0 Å². The fourth-order valence-electron chi connectivity index (χ4n) is 3.08. The predicted molar refractivity (Wildman–Crippen MR) is 83.5 cm³/mol. The molecule has 5 heteroatoms. The summed E-state index contributed by atoms with van der Waals surface area (Å²) < 4.78 is 0. The lowest BCUT2D eigenvalue weighted by atomic mass is 9.95. The van der Waals surface area contributed by atoms with Gasteiger partial charge in [0, 0.05) is 11.4 Å². The molecule has 0 spiro atoms. The molecule has 1 aliphatic carbocycles. The van der Waals surface area contributed by atoms with Crippen LogP contribution in [0.4, 0.5) is 5.13 Å². The number of aromatic nitrogens is 1. The van der Waals surface area contributed by atoms with Crippen molar-refractivity contribution in [3.8, 4) is 0 Å². The molecule has 1 aromatic heterocycles. The Bertz CT molecular complexity index is 673. The van der Waals surface area contributed by atoms with Crippen LogP contribution in [0.1, 0.15) is 28.1 Å². The van der Waals surface area contributed by atoms with Crippen LogP contribution in [0, 0.1) is 0 Å². The molecule has 4 nitrogen and oxygen atoms in total. The highest BCUT2D eigenvalue weighted by molar-refractivity contribution is 7.15. The third kappa shape index (κ3) is 2.47. The second kappa shape index (κ2) is 5.24. The Morgan fingerprint density at radius 1 is 1.29 bits per heavy atom. The number of thiazole rings is 1. The van der Waals surface area contributed by atoms with E-state index in [2.05, 4.69) is 27.8 Å². The normalized spacial score (nSPS) is 19.9. The summed E-state index contributed by atoms with van der Waals surface area (Å²) in [6.45, 7) is 0.753. The summed E-state index contributed by atoms with van der Waals surface area (Å²) in [5.74, 6) is 0.0249. The Morgan fingerprint density at radius 3 is 3.00 bits per heavy atom. The van der Waals surface area contributed by atoms with E-state index in [9.17, 15) is 4.79 Å². The van der Waals surface area contributed by atoms with Crippen molar-refractivity contribution in [3.05, 3.63) is 46.0 Å². The molecule has 0 bridgehead atoms. The van der Waals surface area contributed by atoms with Crippen LogP contribution in [0.5, 0.6) is 0 Å². The molecule has 2 N–H and O–H groups in total. The monoisotopic (exact) mass is 299 g/mol. The van der Waals surface area contributed by atoms with Gasteiger partial charge < -0.3 is 10.6 Å². The molecule has 1 aromatic carbocycles. The van der Waals surface area contributed by atoms with Gasteiger partial charge in [-0.2, -0.15) is 0 Å². The molecular weight excluding hydrogens is 282 g/mol. The fourth-order valence-corrected chi connectivity index (χ4v) is 4.13. The average Bonchev–Trinajstić information content (AvgIpc) is 3.08. The van der Waals surface area contributed by atoms with Crippen molar-refractivity contribution in [1.82, 2.24) is 10.3 Å². The molecule has 2 heterocycles. The first kappa shape index (κ1) is 13.0. The number of benzene rings is 1. The molecule has 21 heavy (non-hydrogen) atoms. The number of fused-ring (bicyclic) bond motifs is 2. The molecule has 0 unspecified atom stereocenters. The van der Waals surface area contributed by atoms with E-state index in [0.717, 1.165) is 30.9 Å². The molecule has 0 radical (unpaired) electrons. The van der Waals surface area contributed by atoms with Crippen LogP contribution in [-0.2, 0) is 30.6 Å².